The molecule has 1 aromatic carbocycles. The number of rotatable bonds is 3. The number of fused-ring (bicyclic) bond motifs is 1. The van der Waals surface area contributed by atoms with Crippen LogP contribution in [0.5, 0.6) is 0 Å². The van der Waals surface area contributed by atoms with Gasteiger partial charge in [-0.15, -0.1) is 0 Å². The first kappa shape index (κ1) is 15.6. The van der Waals surface area contributed by atoms with E-state index in [0.29, 0.717) is 6.04 Å². The number of anilines is 1. The van der Waals surface area contributed by atoms with Gasteiger partial charge in [-0.3, -0.25) is 4.98 Å². The Morgan fingerprint density at radius 1 is 1.17 bits per heavy atom. The number of imidazole rings is 1. The highest BCUT2D eigenvalue weighted by Crippen LogP contribution is 2.31. The Morgan fingerprint density at radius 3 is 2.71 bits per heavy atom. The molecule has 0 saturated carbocycles. The highest BCUT2D eigenvalue weighted by molar-refractivity contribution is 9.10. The fourth-order valence-corrected chi connectivity index (χ4v) is 4.06. The van der Waals surface area contributed by atoms with E-state index >= 15 is 0 Å². The molecule has 3 aromatic rings. The van der Waals surface area contributed by atoms with Gasteiger partial charge in [0.05, 0.1) is 22.9 Å². The molecule has 0 unspecified atom stereocenters. The van der Waals surface area contributed by atoms with Crippen molar-refractivity contribution in [3.8, 4) is 0 Å². The van der Waals surface area contributed by atoms with Crippen molar-refractivity contribution in [2.75, 3.05) is 18.0 Å². The minimum Gasteiger partial charge on any atom is -0.370 e. The molecule has 2 aromatic heterocycles. The average molecular weight is 385 g/mol. The molecule has 0 amide bonds. The van der Waals surface area contributed by atoms with Gasteiger partial charge < -0.3 is 9.47 Å². The van der Waals surface area contributed by atoms with Crippen molar-refractivity contribution < 1.29 is 0 Å². The summed E-state index contributed by atoms with van der Waals surface area (Å²) in [5.74, 6) is 1.21. The Morgan fingerprint density at radius 2 is 1.96 bits per heavy atom. The quantitative estimate of drug-likeness (QED) is 0.661. The summed E-state index contributed by atoms with van der Waals surface area (Å²) < 4.78 is 3.52. The van der Waals surface area contributed by atoms with Crippen molar-refractivity contribution in [1.29, 1.82) is 0 Å². The van der Waals surface area contributed by atoms with E-state index in [4.69, 9.17) is 4.98 Å². The molecule has 0 atom stereocenters. The maximum atomic E-state index is 4.83. The summed E-state index contributed by atoms with van der Waals surface area (Å²) in [5, 5.41) is 0. The van der Waals surface area contributed by atoms with E-state index in [1.54, 1.807) is 0 Å². The Bertz CT molecular complexity index is 849. The van der Waals surface area contributed by atoms with Crippen molar-refractivity contribution in [3.05, 3.63) is 53.0 Å². The van der Waals surface area contributed by atoms with Crippen LogP contribution in [-0.4, -0.2) is 27.6 Å². The first-order valence-corrected chi connectivity index (χ1v) is 9.37. The van der Waals surface area contributed by atoms with Gasteiger partial charge >= 0.3 is 0 Å². The van der Waals surface area contributed by atoms with E-state index in [1.165, 1.54) is 17.0 Å². The van der Waals surface area contributed by atoms with Crippen LogP contribution in [0.25, 0.3) is 11.0 Å². The van der Waals surface area contributed by atoms with Crippen LogP contribution in [0.3, 0.4) is 0 Å². The summed E-state index contributed by atoms with van der Waals surface area (Å²) in [6.07, 6.45) is 7.04. The predicted molar refractivity (Wildman–Crippen MR) is 102 cm³/mol. The molecule has 1 fully saturated rings. The molecule has 1 aliphatic rings. The van der Waals surface area contributed by atoms with Crippen LogP contribution in [-0.2, 0) is 6.42 Å². The second-order valence-corrected chi connectivity index (χ2v) is 7.24. The summed E-state index contributed by atoms with van der Waals surface area (Å²) >= 11 is 3.52. The van der Waals surface area contributed by atoms with E-state index in [1.807, 2.05) is 12.4 Å². The SMILES string of the molecule is CCc1nc2ccccc2n1C1CCN(c2cncc(Br)c2)CC1. The van der Waals surface area contributed by atoms with Gasteiger partial charge in [0.1, 0.15) is 5.82 Å². The standard InChI is InChI=1S/C19H21BrN4/c1-2-19-22-17-5-3-4-6-18(17)24(19)15-7-9-23(10-8-15)16-11-14(20)12-21-13-16/h3-6,11-13,15H,2,7-10H2,1H3. The van der Waals surface area contributed by atoms with Crippen LogP contribution >= 0.6 is 15.9 Å². The van der Waals surface area contributed by atoms with Crippen molar-refractivity contribution in [3.63, 3.8) is 0 Å². The maximum absolute atomic E-state index is 4.83. The van der Waals surface area contributed by atoms with Crippen LogP contribution < -0.4 is 4.90 Å². The summed E-state index contributed by atoms with van der Waals surface area (Å²) in [4.78, 5) is 11.6. The number of aryl methyl sites for hydroxylation is 1. The van der Waals surface area contributed by atoms with Crippen LogP contribution in [0.1, 0.15) is 31.6 Å². The van der Waals surface area contributed by atoms with E-state index in [-0.39, 0.29) is 0 Å². The van der Waals surface area contributed by atoms with Crippen molar-refractivity contribution in [2.24, 2.45) is 0 Å². The number of aromatic nitrogens is 3. The van der Waals surface area contributed by atoms with E-state index in [9.17, 15) is 0 Å². The maximum Gasteiger partial charge on any atom is 0.109 e. The molecule has 0 spiro atoms. The molecular formula is C19H21BrN4. The second-order valence-electron chi connectivity index (χ2n) is 6.32. The number of pyridine rings is 1. The Balaban J connectivity index is 1.58. The number of hydrogen-bond acceptors (Lipinski definition) is 3. The van der Waals surface area contributed by atoms with Crippen LogP contribution in [0.15, 0.2) is 47.2 Å². The fourth-order valence-electron chi connectivity index (χ4n) is 3.71. The van der Waals surface area contributed by atoms with Gasteiger partial charge in [0, 0.05) is 36.2 Å². The zero-order valence-electron chi connectivity index (χ0n) is 13.8. The number of hydrogen-bond donors (Lipinski definition) is 0. The molecule has 0 bridgehead atoms. The number of halogens is 1. The van der Waals surface area contributed by atoms with Crippen LogP contribution in [0.4, 0.5) is 5.69 Å². The Kier molecular flexibility index (Phi) is 4.27. The predicted octanol–water partition coefficient (Wildman–Crippen LogP) is 4.60. The van der Waals surface area contributed by atoms with Crippen molar-refractivity contribution >= 4 is 32.7 Å². The third-order valence-corrected chi connectivity index (χ3v) is 5.30. The molecule has 24 heavy (non-hydrogen) atoms. The van der Waals surface area contributed by atoms with Crippen molar-refractivity contribution in [2.45, 2.75) is 32.2 Å². The van der Waals surface area contributed by atoms with Gasteiger partial charge in [-0.2, -0.15) is 0 Å². The number of nitrogens with zero attached hydrogens (tertiary/aromatic N) is 4. The summed E-state index contributed by atoms with van der Waals surface area (Å²) in [5.41, 5.74) is 3.60. The van der Waals surface area contributed by atoms with Crippen LogP contribution in [0, 0.1) is 0 Å². The molecular weight excluding hydrogens is 364 g/mol. The zero-order valence-corrected chi connectivity index (χ0v) is 15.4. The lowest BCUT2D eigenvalue weighted by Crippen LogP contribution is -2.35. The van der Waals surface area contributed by atoms with Gasteiger partial charge in [-0.05, 0) is 47.0 Å². The van der Waals surface area contributed by atoms with Crippen molar-refractivity contribution in [1.82, 2.24) is 14.5 Å². The molecule has 4 nitrogen and oxygen atoms in total. The lowest BCUT2D eigenvalue weighted by molar-refractivity contribution is 0.395. The molecule has 1 saturated heterocycles. The Hall–Kier alpha value is -1.88. The zero-order chi connectivity index (χ0) is 16.5. The molecule has 0 radical (unpaired) electrons. The summed E-state index contributed by atoms with van der Waals surface area (Å²) in [6, 6.07) is 11.2. The molecule has 0 aliphatic carbocycles. The minimum absolute atomic E-state index is 0.531. The van der Waals surface area contributed by atoms with Gasteiger partial charge in [-0.1, -0.05) is 19.1 Å². The van der Waals surface area contributed by atoms with E-state index in [2.05, 4.69) is 67.6 Å². The third kappa shape index (κ3) is 2.81. The first-order valence-electron chi connectivity index (χ1n) is 8.57. The molecule has 1 aliphatic heterocycles. The molecule has 124 valence electrons. The fraction of sp³-hybridized carbons (Fsp3) is 0.368. The Labute approximate surface area is 150 Å². The van der Waals surface area contributed by atoms with Gasteiger partial charge in [-0.25, -0.2) is 4.98 Å². The molecule has 4 rings (SSSR count). The lowest BCUT2D eigenvalue weighted by Gasteiger charge is -2.35. The number of para-hydroxylation sites is 2. The van der Waals surface area contributed by atoms with E-state index < -0.39 is 0 Å². The topological polar surface area (TPSA) is 34.0 Å². The molecule has 3 heterocycles. The molecule has 5 heteroatoms. The van der Waals surface area contributed by atoms with Gasteiger partial charge in [0.15, 0.2) is 0 Å². The highest BCUT2D eigenvalue weighted by Gasteiger charge is 2.24. The first-order chi connectivity index (χ1) is 11.8. The lowest BCUT2D eigenvalue weighted by atomic mass is 10.0. The second kappa shape index (κ2) is 6.55. The minimum atomic E-state index is 0.531. The average Bonchev–Trinajstić information content (AvgIpc) is 3.00. The normalized spacial score (nSPS) is 16.0. The van der Waals surface area contributed by atoms with Gasteiger partial charge in [0.25, 0.3) is 0 Å². The monoisotopic (exact) mass is 384 g/mol. The highest BCUT2D eigenvalue weighted by atomic mass is 79.9. The van der Waals surface area contributed by atoms with Crippen LogP contribution in [0.2, 0.25) is 0 Å². The number of benzene rings is 1. The smallest absolute Gasteiger partial charge is 0.109 e. The molecule has 0 N–H and O–H groups in total. The summed E-state index contributed by atoms with van der Waals surface area (Å²) in [7, 11) is 0. The van der Waals surface area contributed by atoms with Gasteiger partial charge in [0.2, 0.25) is 0 Å². The van der Waals surface area contributed by atoms with E-state index in [0.717, 1.165) is 42.3 Å². The largest absolute Gasteiger partial charge is 0.370 e. The number of piperidine rings is 1. The summed E-state index contributed by atoms with van der Waals surface area (Å²) in [6.45, 7) is 4.30. The third-order valence-electron chi connectivity index (χ3n) is 4.87.